The Labute approximate surface area is 181 Å². The molecule has 0 saturated carbocycles. The summed E-state index contributed by atoms with van der Waals surface area (Å²) in [7, 11) is 0. The number of hydrogen-bond acceptors (Lipinski definition) is 3. The molecule has 1 aliphatic carbocycles. The van der Waals surface area contributed by atoms with Gasteiger partial charge in [-0.3, -0.25) is 0 Å². The van der Waals surface area contributed by atoms with Crippen LogP contribution in [0.3, 0.4) is 0 Å². The highest BCUT2D eigenvalue weighted by atomic mass is 35.5. The highest BCUT2D eigenvalue weighted by molar-refractivity contribution is 5.80. The summed E-state index contributed by atoms with van der Waals surface area (Å²) in [6, 6.07) is 12.8. The maximum atomic E-state index is 6.31. The molecular weight excluding hydrogens is 382 g/mol. The van der Waals surface area contributed by atoms with E-state index in [0.29, 0.717) is 0 Å². The zero-order chi connectivity index (χ0) is 19.9. The minimum Gasteiger partial charge on any atom is -1.00 e. The zero-order valence-electron chi connectivity index (χ0n) is 18.2. The standard InChI is InChI=1S/C24H34N3O.ClH/c1-5-9-15-27(16-10-6-2)20-12-14-22-24(18-20)28-23-17-19(26(7-3)8-4)11-13-21(23)25-22;/h11-14,17-18H,5-10,15-16H2,1-4H3;1H/q+1;/p-1. The lowest BCUT2D eigenvalue weighted by Gasteiger charge is -2.21. The lowest BCUT2D eigenvalue weighted by molar-refractivity contribution is -0.00000648. The third-order valence-electron chi connectivity index (χ3n) is 5.40. The minimum atomic E-state index is 0. The molecule has 0 spiro atoms. The fourth-order valence-corrected chi connectivity index (χ4v) is 3.65. The van der Waals surface area contributed by atoms with E-state index in [4.69, 9.17) is 9.40 Å². The second-order valence-electron chi connectivity index (χ2n) is 7.38. The van der Waals surface area contributed by atoms with Gasteiger partial charge in [0.1, 0.15) is 24.3 Å². The molecule has 0 saturated heterocycles. The second-order valence-corrected chi connectivity index (χ2v) is 7.38. The van der Waals surface area contributed by atoms with Gasteiger partial charge in [0, 0.05) is 43.8 Å². The highest BCUT2D eigenvalue weighted by Crippen LogP contribution is 2.27. The van der Waals surface area contributed by atoms with Crippen LogP contribution in [0.5, 0.6) is 0 Å². The number of rotatable bonds is 9. The molecule has 1 aliphatic heterocycles. The van der Waals surface area contributed by atoms with E-state index >= 15 is 0 Å². The van der Waals surface area contributed by atoms with Gasteiger partial charge in [-0.2, -0.15) is 0 Å². The Morgan fingerprint density at radius 2 is 1.59 bits per heavy atom. The first-order chi connectivity index (χ1) is 13.7. The van der Waals surface area contributed by atoms with E-state index in [-0.39, 0.29) is 12.4 Å². The van der Waals surface area contributed by atoms with Crippen LogP contribution in [0.25, 0.3) is 22.6 Å². The summed E-state index contributed by atoms with van der Waals surface area (Å²) in [6.45, 7) is 13.0. The molecule has 0 atom stereocenters. The van der Waals surface area contributed by atoms with Gasteiger partial charge in [-0.1, -0.05) is 26.7 Å². The Morgan fingerprint density at radius 1 is 0.897 bits per heavy atom. The van der Waals surface area contributed by atoms with Gasteiger partial charge in [0.2, 0.25) is 5.36 Å². The van der Waals surface area contributed by atoms with Crippen LogP contribution >= 0.6 is 0 Å². The normalized spacial score (nSPS) is 10.9. The van der Waals surface area contributed by atoms with Crippen molar-refractivity contribution in [1.29, 1.82) is 0 Å². The zero-order valence-corrected chi connectivity index (χ0v) is 19.0. The van der Waals surface area contributed by atoms with Gasteiger partial charge in [-0.05, 0) is 32.0 Å². The quantitative estimate of drug-likeness (QED) is 0.396. The maximum absolute atomic E-state index is 6.31. The Balaban J connectivity index is 0.00000300. The van der Waals surface area contributed by atoms with Crippen molar-refractivity contribution in [2.24, 2.45) is 0 Å². The number of anilines is 1. The van der Waals surface area contributed by atoms with Crippen LogP contribution < -0.4 is 27.2 Å². The highest BCUT2D eigenvalue weighted by Gasteiger charge is 2.13. The van der Waals surface area contributed by atoms with Crippen molar-refractivity contribution in [3.8, 4) is 11.5 Å². The minimum absolute atomic E-state index is 0. The van der Waals surface area contributed by atoms with Gasteiger partial charge < -0.3 is 21.7 Å². The summed E-state index contributed by atoms with van der Waals surface area (Å²) in [5, 5.41) is 1.24. The Bertz CT molecular complexity index is 936. The van der Waals surface area contributed by atoms with Crippen molar-refractivity contribution in [2.75, 3.05) is 31.1 Å². The van der Waals surface area contributed by atoms with Crippen molar-refractivity contribution in [3.63, 3.8) is 0 Å². The summed E-state index contributed by atoms with van der Waals surface area (Å²) in [5.41, 5.74) is 3.86. The van der Waals surface area contributed by atoms with Gasteiger partial charge in [0.05, 0.1) is 6.07 Å². The summed E-state index contributed by atoms with van der Waals surface area (Å²) in [5.74, 6) is 0.861. The summed E-state index contributed by atoms with van der Waals surface area (Å²) in [6.07, 6.45) is 4.84. The van der Waals surface area contributed by atoms with E-state index in [0.717, 1.165) is 48.7 Å². The molecule has 0 bridgehead atoms. The van der Waals surface area contributed by atoms with Gasteiger partial charge in [0.25, 0.3) is 0 Å². The van der Waals surface area contributed by atoms with E-state index in [2.05, 4.69) is 73.6 Å². The van der Waals surface area contributed by atoms with E-state index in [9.17, 15) is 0 Å². The monoisotopic (exact) mass is 415 g/mol. The second kappa shape index (κ2) is 11.2. The lowest BCUT2D eigenvalue weighted by Crippen LogP contribution is -3.00. The molecule has 5 heteroatoms. The van der Waals surface area contributed by atoms with Crippen molar-refractivity contribution in [2.45, 2.75) is 53.4 Å². The number of benzene rings is 2. The predicted octanol–water partition coefficient (Wildman–Crippen LogP) is 2.16. The first-order valence-corrected chi connectivity index (χ1v) is 10.9. The smallest absolute Gasteiger partial charge is 0.203 e. The Morgan fingerprint density at radius 3 is 2.21 bits per heavy atom. The van der Waals surface area contributed by atoms with Crippen molar-refractivity contribution in [1.82, 2.24) is 9.56 Å². The molecule has 0 unspecified atom stereocenters. The Kier molecular flexibility index (Phi) is 8.97. The molecule has 3 rings (SSSR count). The Hall–Kier alpha value is -2.07. The largest absolute Gasteiger partial charge is 1.00 e. The molecule has 0 radical (unpaired) electrons. The average molecular weight is 416 g/mol. The molecule has 0 aromatic heterocycles. The number of halogens is 1. The van der Waals surface area contributed by atoms with Crippen LogP contribution in [0.15, 0.2) is 40.8 Å². The van der Waals surface area contributed by atoms with Crippen LogP contribution in [0.4, 0.5) is 5.69 Å². The van der Waals surface area contributed by atoms with Gasteiger partial charge in [-0.25, -0.2) is 9.56 Å². The number of fused-ring (bicyclic) bond motifs is 2. The number of nitrogens with zero attached hydrogens (tertiary/aromatic N) is 3. The third-order valence-corrected chi connectivity index (χ3v) is 5.40. The first-order valence-electron chi connectivity index (χ1n) is 10.9. The molecule has 1 aromatic carbocycles. The SMILES string of the molecule is CCCC[N+](CCCC)=c1ccc2nc3ccc(N(CC)CC)cc3oc-2c1.[Cl-]. The summed E-state index contributed by atoms with van der Waals surface area (Å²) < 4.78 is 8.79. The number of unbranched alkanes of at least 4 members (excludes halogenated alkanes) is 2. The van der Waals surface area contributed by atoms with E-state index in [1.165, 1.54) is 36.7 Å². The van der Waals surface area contributed by atoms with E-state index < -0.39 is 0 Å². The van der Waals surface area contributed by atoms with Crippen LogP contribution in [-0.4, -0.2) is 31.2 Å². The molecule has 4 nitrogen and oxygen atoms in total. The predicted molar refractivity (Wildman–Crippen MR) is 119 cm³/mol. The van der Waals surface area contributed by atoms with E-state index in [1.54, 1.807) is 0 Å². The molecule has 0 amide bonds. The van der Waals surface area contributed by atoms with E-state index in [1.807, 2.05) is 0 Å². The molecule has 29 heavy (non-hydrogen) atoms. The topological polar surface area (TPSA) is 32.3 Å². The van der Waals surface area contributed by atoms with Crippen LogP contribution in [-0.2, 0) is 0 Å². The van der Waals surface area contributed by atoms with Crippen LogP contribution in [0.2, 0.25) is 0 Å². The molecule has 1 heterocycles. The van der Waals surface area contributed by atoms with Crippen molar-refractivity contribution >= 4 is 16.8 Å². The van der Waals surface area contributed by atoms with Gasteiger partial charge in [0.15, 0.2) is 11.3 Å². The van der Waals surface area contributed by atoms with Gasteiger partial charge in [-0.15, -0.1) is 0 Å². The molecule has 0 N–H and O–H groups in total. The fraction of sp³-hybridized carbons (Fsp3) is 0.500. The lowest BCUT2D eigenvalue weighted by atomic mass is 10.2. The van der Waals surface area contributed by atoms with Gasteiger partial charge >= 0.3 is 0 Å². The molecule has 158 valence electrons. The summed E-state index contributed by atoms with van der Waals surface area (Å²) in [4.78, 5) is 7.15. The first kappa shape index (κ1) is 23.2. The molecular formula is C24H34ClN3O. The van der Waals surface area contributed by atoms with Crippen LogP contribution in [0, 0.1) is 0 Å². The molecule has 1 aromatic rings. The van der Waals surface area contributed by atoms with Crippen molar-refractivity contribution in [3.05, 3.63) is 41.8 Å². The average Bonchev–Trinajstić information content (AvgIpc) is 2.73. The third kappa shape index (κ3) is 5.51. The number of aromatic nitrogens is 1. The van der Waals surface area contributed by atoms with Crippen LogP contribution in [0.1, 0.15) is 53.4 Å². The molecule has 2 aliphatic rings. The number of hydrogen-bond donors (Lipinski definition) is 0. The molecule has 0 fully saturated rings. The summed E-state index contributed by atoms with van der Waals surface area (Å²) >= 11 is 0. The maximum Gasteiger partial charge on any atom is 0.203 e. The van der Waals surface area contributed by atoms with Crippen molar-refractivity contribution < 1.29 is 16.8 Å². The fourth-order valence-electron chi connectivity index (χ4n) is 3.65.